The van der Waals surface area contributed by atoms with E-state index in [1.807, 2.05) is 12.1 Å². The molecule has 2 unspecified atom stereocenters. The predicted octanol–water partition coefficient (Wildman–Crippen LogP) is 4.61. The van der Waals surface area contributed by atoms with Gasteiger partial charge in [0.2, 0.25) is 0 Å². The average molecular weight is 416 g/mol. The molecule has 0 spiro atoms. The molecule has 2 heterocycles. The number of thioether (sulfide) groups is 2. The van der Waals surface area contributed by atoms with Gasteiger partial charge in [-0.2, -0.15) is 0 Å². The van der Waals surface area contributed by atoms with E-state index in [9.17, 15) is 9.59 Å². The number of carbonyl (C=O) groups is 2. The minimum absolute atomic E-state index is 0.0336. The normalized spacial score (nSPS) is 25.0. The Morgan fingerprint density at radius 2 is 2.15 bits per heavy atom. The van der Waals surface area contributed by atoms with Gasteiger partial charge in [-0.15, -0.1) is 11.8 Å². The van der Waals surface area contributed by atoms with E-state index >= 15 is 0 Å². The second-order valence-electron chi connectivity index (χ2n) is 6.52. The minimum atomic E-state index is -0.862. The number of thiocarbonyl (C=S) groups is 1. The van der Waals surface area contributed by atoms with Gasteiger partial charge in [0.1, 0.15) is 4.32 Å². The number of hydrogen-bond donors (Lipinski definition) is 1. The SMILES string of the molecule is O=C(O)CCCN1C(=O)/C(=C\C2=CSC3c4ccccc4C=CC23)SC1=S. The molecule has 1 N–H and O–H groups in total. The fraction of sp³-hybridized carbons (Fsp3) is 0.250. The molecule has 0 aromatic heterocycles. The highest BCUT2D eigenvalue weighted by Crippen LogP contribution is 2.52. The number of fused-ring (bicyclic) bond motifs is 3. The van der Waals surface area contributed by atoms with Crippen molar-refractivity contribution in [2.45, 2.75) is 18.1 Å². The summed E-state index contributed by atoms with van der Waals surface area (Å²) in [5, 5.41) is 11.3. The molecule has 1 aliphatic carbocycles. The van der Waals surface area contributed by atoms with Crippen LogP contribution in [0.15, 0.2) is 52.3 Å². The summed E-state index contributed by atoms with van der Waals surface area (Å²) in [6, 6.07) is 8.41. The topological polar surface area (TPSA) is 57.6 Å². The fourth-order valence-corrected chi connectivity index (χ4v) is 6.08. The minimum Gasteiger partial charge on any atom is -0.481 e. The number of hydrogen-bond acceptors (Lipinski definition) is 5. The van der Waals surface area contributed by atoms with E-state index in [2.05, 4.69) is 35.8 Å². The molecule has 1 fully saturated rings. The molecule has 4 nitrogen and oxygen atoms in total. The molecule has 1 amide bonds. The molecule has 2 aliphatic heterocycles. The van der Waals surface area contributed by atoms with Crippen molar-refractivity contribution in [3.63, 3.8) is 0 Å². The van der Waals surface area contributed by atoms with Crippen LogP contribution in [0.3, 0.4) is 0 Å². The van der Waals surface area contributed by atoms with Crippen molar-refractivity contribution < 1.29 is 14.7 Å². The number of nitrogens with zero attached hydrogens (tertiary/aromatic N) is 1. The van der Waals surface area contributed by atoms with Gasteiger partial charge in [-0.3, -0.25) is 14.5 Å². The third kappa shape index (κ3) is 3.63. The average Bonchev–Trinajstić information content (AvgIpc) is 3.18. The zero-order valence-corrected chi connectivity index (χ0v) is 16.8. The molecule has 0 saturated carbocycles. The Morgan fingerprint density at radius 1 is 1.33 bits per heavy atom. The van der Waals surface area contributed by atoms with Crippen LogP contribution in [0.25, 0.3) is 6.08 Å². The van der Waals surface area contributed by atoms with Crippen LogP contribution >= 0.6 is 35.7 Å². The van der Waals surface area contributed by atoms with Crippen LogP contribution in [0.4, 0.5) is 0 Å². The van der Waals surface area contributed by atoms with Crippen LogP contribution in [0.2, 0.25) is 0 Å². The first-order chi connectivity index (χ1) is 13.0. The van der Waals surface area contributed by atoms with E-state index in [1.54, 1.807) is 11.8 Å². The van der Waals surface area contributed by atoms with Crippen molar-refractivity contribution >= 4 is 58.0 Å². The summed E-state index contributed by atoms with van der Waals surface area (Å²) in [6.07, 6.45) is 6.75. The molecule has 3 aliphatic rings. The Labute approximate surface area is 171 Å². The summed E-state index contributed by atoms with van der Waals surface area (Å²) in [7, 11) is 0. The highest BCUT2D eigenvalue weighted by molar-refractivity contribution is 8.26. The molecular formula is C20H17NO3S3. The van der Waals surface area contributed by atoms with E-state index in [0.717, 1.165) is 5.57 Å². The predicted molar refractivity (Wildman–Crippen MR) is 114 cm³/mol. The van der Waals surface area contributed by atoms with Crippen molar-refractivity contribution in [3.05, 3.63) is 63.4 Å². The van der Waals surface area contributed by atoms with Gasteiger partial charge >= 0.3 is 5.97 Å². The third-order valence-corrected chi connectivity index (χ3v) is 7.42. The lowest BCUT2D eigenvalue weighted by molar-refractivity contribution is -0.137. The molecule has 27 heavy (non-hydrogen) atoms. The molecule has 138 valence electrons. The second-order valence-corrected chi connectivity index (χ2v) is 9.21. The monoisotopic (exact) mass is 415 g/mol. The summed E-state index contributed by atoms with van der Waals surface area (Å²) in [6.45, 7) is 0.349. The largest absolute Gasteiger partial charge is 0.481 e. The van der Waals surface area contributed by atoms with Crippen LogP contribution in [-0.2, 0) is 9.59 Å². The summed E-state index contributed by atoms with van der Waals surface area (Å²) in [5.41, 5.74) is 3.71. The van der Waals surface area contributed by atoms with Crippen LogP contribution in [0.1, 0.15) is 29.2 Å². The Balaban J connectivity index is 1.49. The van der Waals surface area contributed by atoms with E-state index in [1.165, 1.54) is 27.8 Å². The van der Waals surface area contributed by atoms with Gasteiger partial charge < -0.3 is 5.11 Å². The van der Waals surface area contributed by atoms with E-state index < -0.39 is 5.97 Å². The molecule has 1 aromatic carbocycles. The van der Waals surface area contributed by atoms with Crippen LogP contribution < -0.4 is 0 Å². The number of benzene rings is 1. The van der Waals surface area contributed by atoms with Crippen LogP contribution in [0, 0.1) is 5.92 Å². The van der Waals surface area contributed by atoms with Crippen molar-refractivity contribution in [3.8, 4) is 0 Å². The van der Waals surface area contributed by atoms with E-state index in [-0.39, 0.29) is 18.2 Å². The van der Waals surface area contributed by atoms with Crippen molar-refractivity contribution in [2.75, 3.05) is 6.54 Å². The lowest BCUT2D eigenvalue weighted by Gasteiger charge is -2.24. The Kier molecular flexibility index (Phi) is 5.25. The number of amides is 1. The molecular weight excluding hydrogens is 398 g/mol. The zero-order valence-electron chi connectivity index (χ0n) is 14.3. The zero-order chi connectivity index (χ0) is 19.0. The standard InChI is InChI=1S/C20H17NO3S3/c22-17(23)6-3-9-21-19(24)16(27-20(21)25)10-13-11-26-18-14-5-2-1-4-12(14)7-8-15(13)18/h1-2,4-5,7-8,10-11,15,18H,3,6,9H2,(H,22,23)/b16-10+. The molecule has 7 heteroatoms. The van der Waals surface area contributed by atoms with Crippen molar-refractivity contribution in [1.29, 1.82) is 0 Å². The maximum Gasteiger partial charge on any atom is 0.303 e. The second kappa shape index (κ2) is 7.66. The third-order valence-electron chi connectivity index (χ3n) is 4.79. The fourth-order valence-electron chi connectivity index (χ4n) is 3.46. The van der Waals surface area contributed by atoms with Gasteiger partial charge in [0.25, 0.3) is 5.91 Å². The molecule has 0 radical (unpaired) electrons. The lowest BCUT2D eigenvalue weighted by Crippen LogP contribution is -2.29. The molecule has 4 rings (SSSR count). The Hall–Kier alpha value is -1.83. The van der Waals surface area contributed by atoms with E-state index in [4.69, 9.17) is 17.3 Å². The molecule has 0 bridgehead atoms. The number of carbonyl (C=O) groups excluding carboxylic acids is 1. The highest BCUT2D eigenvalue weighted by Gasteiger charge is 2.36. The van der Waals surface area contributed by atoms with Crippen molar-refractivity contribution in [1.82, 2.24) is 4.90 Å². The molecule has 1 aromatic rings. The number of carboxylic acids is 1. The first-order valence-electron chi connectivity index (χ1n) is 8.64. The van der Waals surface area contributed by atoms with Gasteiger partial charge in [-0.25, -0.2) is 0 Å². The summed E-state index contributed by atoms with van der Waals surface area (Å²) < 4.78 is 0.504. The summed E-state index contributed by atoms with van der Waals surface area (Å²) >= 11 is 8.41. The Bertz CT molecular complexity index is 919. The van der Waals surface area contributed by atoms with Gasteiger partial charge in [-0.05, 0) is 34.6 Å². The number of aliphatic carboxylic acids is 1. The smallest absolute Gasteiger partial charge is 0.303 e. The van der Waals surface area contributed by atoms with Gasteiger partial charge in [0.15, 0.2) is 0 Å². The van der Waals surface area contributed by atoms with Gasteiger partial charge in [0, 0.05) is 24.1 Å². The summed E-state index contributed by atoms with van der Waals surface area (Å²) in [4.78, 5) is 25.5. The van der Waals surface area contributed by atoms with Crippen LogP contribution in [-0.4, -0.2) is 32.7 Å². The van der Waals surface area contributed by atoms with Gasteiger partial charge in [-0.1, -0.05) is 60.4 Å². The molecule has 2 atom stereocenters. The number of rotatable bonds is 5. The van der Waals surface area contributed by atoms with Gasteiger partial charge in [0.05, 0.1) is 4.91 Å². The lowest BCUT2D eigenvalue weighted by atomic mass is 9.85. The number of allylic oxidation sites excluding steroid dienone is 3. The van der Waals surface area contributed by atoms with Crippen molar-refractivity contribution in [2.24, 2.45) is 5.92 Å². The van der Waals surface area contributed by atoms with Crippen LogP contribution in [0.5, 0.6) is 0 Å². The molecule has 1 saturated heterocycles. The maximum atomic E-state index is 12.7. The van der Waals surface area contributed by atoms with E-state index in [0.29, 0.717) is 27.4 Å². The Morgan fingerprint density at radius 3 is 2.96 bits per heavy atom. The quantitative estimate of drug-likeness (QED) is 0.560. The highest BCUT2D eigenvalue weighted by atomic mass is 32.2. The first-order valence-corrected chi connectivity index (χ1v) is 10.8. The number of carboxylic acid groups (broad SMARTS) is 1. The first kappa shape index (κ1) is 18.5. The maximum absolute atomic E-state index is 12.7. The summed E-state index contributed by atoms with van der Waals surface area (Å²) in [5.74, 6) is -0.732.